The van der Waals surface area contributed by atoms with Crippen molar-refractivity contribution in [2.75, 3.05) is 78.5 Å². The van der Waals surface area contributed by atoms with Gasteiger partial charge in [-0.2, -0.15) is 0 Å². The molecule has 0 aromatic carbocycles. The fraction of sp³-hybridized carbons (Fsp3) is 0.750. The Balaban J connectivity index is 0.00000784. The largest absolute Gasteiger partial charge is 3.00 e. The van der Waals surface area contributed by atoms with Crippen LogP contribution in [-0.2, 0) is 36.2 Å². The van der Waals surface area contributed by atoms with Crippen LogP contribution in [0.3, 0.4) is 0 Å². The molecule has 1 aliphatic rings. The number of rotatable bonds is 8. The zero-order valence-electron chi connectivity index (χ0n) is 15.9. The first-order valence-corrected chi connectivity index (χ1v) is 8.86. The van der Waals surface area contributed by atoms with E-state index in [-0.39, 0.29) is 95.6 Å². The summed E-state index contributed by atoms with van der Waals surface area (Å²) in [5.74, 6) is -4.92. The first-order chi connectivity index (χ1) is 13.2. The zero-order chi connectivity index (χ0) is 21.1. The van der Waals surface area contributed by atoms with Gasteiger partial charge < -0.3 is 34.8 Å². The average Bonchev–Trinajstić information content (AvgIpc) is 2.55. The quantitative estimate of drug-likeness (QED) is 0.343. The first-order valence-electron chi connectivity index (χ1n) is 8.86. The molecule has 13 heteroatoms. The van der Waals surface area contributed by atoms with Crippen molar-refractivity contribution in [3.05, 3.63) is 0 Å². The molecule has 1 saturated heterocycles. The van der Waals surface area contributed by atoms with Crippen LogP contribution in [0.15, 0.2) is 0 Å². The van der Waals surface area contributed by atoms with Gasteiger partial charge in [0.2, 0.25) is 0 Å². The Kier molecular flexibility index (Phi) is 13.4. The molecule has 0 amide bonds. The van der Waals surface area contributed by atoms with Crippen LogP contribution in [0.1, 0.15) is 0 Å². The summed E-state index contributed by atoms with van der Waals surface area (Å²) in [5.41, 5.74) is 0. The Morgan fingerprint density at radius 1 is 0.552 bits per heavy atom. The summed E-state index contributed by atoms with van der Waals surface area (Å²) < 4.78 is 0. The number of nitrogens with zero attached hydrogens (tertiary/aromatic N) is 4. The smallest absolute Gasteiger partial charge is 0.549 e. The molecule has 0 bridgehead atoms. The maximum Gasteiger partial charge on any atom is 3.00 e. The molecule has 0 unspecified atom stereocenters. The Morgan fingerprint density at radius 3 is 0.931 bits per heavy atom. The van der Waals surface area contributed by atoms with Crippen molar-refractivity contribution in [1.29, 1.82) is 0 Å². The Labute approximate surface area is 179 Å². The summed E-state index contributed by atoms with van der Waals surface area (Å²) >= 11 is 0. The Morgan fingerprint density at radius 2 is 0.759 bits per heavy atom. The van der Waals surface area contributed by atoms with E-state index in [1.54, 1.807) is 14.7 Å². The molecule has 0 spiro atoms. The van der Waals surface area contributed by atoms with Crippen LogP contribution < -0.4 is 15.3 Å². The predicted octanol–water partition coefficient (Wildman–Crippen LogP) is -6.46. The number of aliphatic carboxylic acids is 4. The molecule has 1 fully saturated rings. The summed E-state index contributed by atoms with van der Waals surface area (Å²) in [6, 6.07) is 0. The molecule has 0 aromatic heterocycles. The van der Waals surface area contributed by atoms with Crippen molar-refractivity contribution in [2.45, 2.75) is 0 Å². The standard InChI is InChI=1S/C16H28N4O8.Fe/c21-13(22)9-17-1-2-18(10-14(23)24)5-6-20(12-16(27)28)8-7-19(4-3-17)11-15(25)26;/h1-12H2,(H,21,22)(H,23,24)(H,25,26)(H,27,28);/q;+3/p-3. The Bertz CT molecular complexity index is 453. The van der Waals surface area contributed by atoms with Gasteiger partial charge in [0, 0.05) is 72.0 Å². The molecule has 0 aromatic rings. The van der Waals surface area contributed by atoms with Crippen LogP contribution >= 0.6 is 0 Å². The molecule has 1 rings (SSSR count). The van der Waals surface area contributed by atoms with Gasteiger partial charge in [0.25, 0.3) is 0 Å². The second kappa shape index (κ2) is 14.3. The van der Waals surface area contributed by atoms with Crippen LogP contribution in [0.25, 0.3) is 0 Å². The van der Waals surface area contributed by atoms with Crippen LogP contribution in [0.4, 0.5) is 0 Å². The number of carboxylic acid groups (broad SMARTS) is 4. The minimum absolute atomic E-state index is 0. The van der Waals surface area contributed by atoms with E-state index in [4.69, 9.17) is 5.11 Å². The summed E-state index contributed by atoms with van der Waals surface area (Å²) in [7, 11) is 0. The van der Waals surface area contributed by atoms with E-state index in [0.717, 1.165) is 0 Å². The molecule has 1 heterocycles. The SMILES string of the molecule is O=C([O-])CN1CCN(CC(=O)[O-])CCN(CC(=O)O)CCN(CC(=O)[O-])CC1.[Fe+3]. The van der Waals surface area contributed by atoms with Gasteiger partial charge in [0.15, 0.2) is 0 Å². The predicted molar refractivity (Wildman–Crippen MR) is 88.4 cm³/mol. The third kappa shape index (κ3) is 13.2. The molecule has 1 N–H and O–H groups in total. The number of carbonyl (C=O) groups excluding carboxylic acids is 3. The normalized spacial score (nSPS) is 18.8. The van der Waals surface area contributed by atoms with Crippen molar-refractivity contribution in [1.82, 2.24) is 19.6 Å². The Hall–Kier alpha value is -1.76. The van der Waals surface area contributed by atoms with Gasteiger partial charge in [-0.3, -0.25) is 24.4 Å². The molecule has 12 nitrogen and oxygen atoms in total. The fourth-order valence-corrected chi connectivity index (χ4v) is 2.95. The van der Waals surface area contributed by atoms with E-state index in [1.165, 1.54) is 4.90 Å². The molecule has 0 atom stereocenters. The van der Waals surface area contributed by atoms with Gasteiger partial charge in [-0.05, 0) is 0 Å². The molecule has 165 valence electrons. The molecular weight excluding hydrogens is 432 g/mol. The van der Waals surface area contributed by atoms with E-state index >= 15 is 0 Å². The van der Waals surface area contributed by atoms with Gasteiger partial charge in [-0.15, -0.1) is 0 Å². The number of hydrogen-bond acceptors (Lipinski definition) is 11. The van der Waals surface area contributed by atoms with Crippen molar-refractivity contribution in [3.8, 4) is 0 Å². The van der Waals surface area contributed by atoms with E-state index < -0.39 is 23.9 Å². The molecule has 1 radical (unpaired) electrons. The summed E-state index contributed by atoms with van der Waals surface area (Å²) in [4.78, 5) is 50.2. The van der Waals surface area contributed by atoms with E-state index in [1.807, 2.05) is 0 Å². The van der Waals surface area contributed by atoms with Crippen molar-refractivity contribution in [2.24, 2.45) is 0 Å². The van der Waals surface area contributed by atoms with Crippen LogP contribution in [0.2, 0.25) is 0 Å². The van der Waals surface area contributed by atoms with E-state index in [0.29, 0.717) is 0 Å². The van der Waals surface area contributed by atoms with Gasteiger partial charge in [0.05, 0.1) is 24.5 Å². The number of hydrogen-bond donors (Lipinski definition) is 1. The molecule has 0 saturated carbocycles. The first kappa shape index (κ1) is 27.2. The zero-order valence-corrected chi connectivity index (χ0v) is 17.0. The monoisotopic (exact) mass is 457 g/mol. The van der Waals surface area contributed by atoms with E-state index in [9.17, 15) is 34.5 Å². The van der Waals surface area contributed by atoms with Crippen LogP contribution in [0, 0.1) is 0 Å². The van der Waals surface area contributed by atoms with Gasteiger partial charge >= 0.3 is 23.0 Å². The molecule has 1 aliphatic heterocycles. The van der Waals surface area contributed by atoms with Gasteiger partial charge in [-0.1, -0.05) is 0 Å². The van der Waals surface area contributed by atoms with Gasteiger partial charge in [-0.25, -0.2) is 0 Å². The molecule has 0 aliphatic carbocycles. The maximum absolute atomic E-state index is 11.1. The summed E-state index contributed by atoms with van der Waals surface area (Å²) in [5, 5.41) is 41.9. The maximum atomic E-state index is 11.1. The summed E-state index contributed by atoms with van der Waals surface area (Å²) in [6.07, 6.45) is 0. The van der Waals surface area contributed by atoms with Crippen molar-refractivity contribution >= 4 is 23.9 Å². The van der Waals surface area contributed by atoms with Crippen LogP contribution in [-0.4, -0.2) is 127 Å². The second-order valence-corrected chi connectivity index (χ2v) is 6.61. The third-order valence-electron chi connectivity index (χ3n) is 4.35. The van der Waals surface area contributed by atoms with Crippen LogP contribution in [0.5, 0.6) is 0 Å². The van der Waals surface area contributed by atoms with E-state index in [2.05, 4.69) is 0 Å². The average molecular weight is 457 g/mol. The number of carboxylic acids is 4. The van der Waals surface area contributed by atoms with Crippen molar-refractivity contribution < 1.29 is 56.7 Å². The van der Waals surface area contributed by atoms with Crippen molar-refractivity contribution in [3.63, 3.8) is 0 Å². The summed E-state index contributed by atoms with van der Waals surface area (Å²) in [6.45, 7) is 0.497. The number of carbonyl (C=O) groups is 4. The second-order valence-electron chi connectivity index (χ2n) is 6.61. The minimum atomic E-state index is -1.29. The third-order valence-corrected chi connectivity index (χ3v) is 4.35. The molecule has 29 heavy (non-hydrogen) atoms. The van der Waals surface area contributed by atoms with Gasteiger partial charge in [0.1, 0.15) is 0 Å². The minimum Gasteiger partial charge on any atom is -0.549 e. The molecular formula is C16H25FeN4O8. The fourth-order valence-electron chi connectivity index (χ4n) is 2.95. The topological polar surface area (TPSA) is 171 Å².